The molecule has 0 saturated heterocycles. The number of fused-ring (bicyclic) bond motifs is 1. The topological polar surface area (TPSA) is 101 Å². The molecule has 188 valence electrons. The molecule has 0 fully saturated rings. The van der Waals surface area contributed by atoms with Gasteiger partial charge in [-0.2, -0.15) is 5.26 Å². The first-order chi connectivity index (χ1) is 17.3. The number of nitrogens with one attached hydrogen (secondary N) is 2. The zero-order chi connectivity index (χ0) is 26.1. The summed E-state index contributed by atoms with van der Waals surface area (Å²) in [5.41, 5.74) is 1.65. The molecule has 0 unspecified atom stereocenters. The summed E-state index contributed by atoms with van der Waals surface area (Å²) in [5.74, 6) is -1.12. The van der Waals surface area contributed by atoms with Crippen LogP contribution in [-0.4, -0.2) is 41.0 Å². The summed E-state index contributed by atoms with van der Waals surface area (Å²) in [7, 11) is 2.01. The van der Waals surface area contributed by atoms with E-state index >= 15 is 0 Å². The predicted molar refractivity (Wildman–Crippen MR) is 142 cm³/mol. The monoisotopic (exact) mass is 509 g/mol. The number of amides is 1. The number of aromatic hydroxyl groups is 1. The van der Waals surface area contributed by atoms with Gasteiger partial charge in [-0.1, -0.05) is 43.9 Å². The molecule has 0 spiro atoms. The summed E-state index contributed by atoms with van der Waals surface area (Å²) in [5, 5.41) is 26.2. The maximum Gasteiger partial charge on any atom is 0.248 e. The van der Waals surface area contributed by atoms with Crippen LogP contribution in [0.25, 0.3) is 10.9 Å². The first-order valence-electron chi connectivity index (χ1n) is 11.8. The van der Waals surface area contributed by atoms with Crippen LogP contribution in [0.1, 0.15) is 38.2 Å². The highest BCUT2D eigenvalue weighted by molar-refractivity contribution is 6.31. The molecular weight excluding hydrogens is 481 g/mol. The third-order valence-corrected chi connectivity index (χ3v) is 5.92. The Balaban J connectivity index is 1.79. The van der Waals surface area contributed by atoms with Crippen molar-refractivity contribution in [3.05, 3.63) is 65.1 Å². The van der Waals surface area contributed by atoms with Gasteiger partial charge in [-0.05, 0) is 44.3 Å². The summed E-state index contributed by atoms with van der Waals surface area (Å²) in [6, 6.07) is 9.12. The SMILES string of the molecule is CCCCCCN(C)C/C=C/C(=O)Nc1cc2c(Nc3ccc(F)c(Cl)c3)c(C#N)cnc2cc1O. The third kappa shape index (κ3) is 7.17. The Morgan fingerprint density at radius 2 is 2.08 bits per heavy atom. The van der Waals surface area contributed by atoms with Crippen molar-refractivity contribution >= 4 is 45.5 Å². The summed E-state index contributed by atoms with van der Waals surface area (Å²) in [4.78, 5) is 18.9. The van der Waals surface area contributed by atoms with E-state index in [1.807, 2.05) is 7.05 Å². The Morgan fingerprint density at radius 3 is 2.81 bits per heavy atom. The van der Waals surface area contributed by atoms with Crippen LogP contribution in [0, 0.1) is 17.1 Å². The van der Waals surface area contributed by atoms with Gasteiger partial charge in [0.15, 0.2) is 0 Å². The van der Waals surface area contributed by atoms with Gasteiger partial charge in [-0.15, -0.1) is 0 Å². The van der Waals surface area contributed by atoms with Crippen LogP contribution in [0.3, 0.4) is 0 Å². The Kier molecular flexibility index (Phi) is 9.62. The molecule has 0 aliphatic rings. The minimum Gasteiger partial charge on any atom is -0.506 e. The number of unbranched alkanes of at least 4 members (excludes halogenated alkanes) is 3. The normalized spacial score (nSPS) is 11.2. The fourth-order valence-electron chi connectivity index (χ4n) is 3.68. The molecule has 1 aromatic heterocycles. The molecule has 0 aliphatic carbocycles. The zero-order valence-corrected chi connectivity index (χ0v) is 21.1. The van der Waals surface area contributed by atoms with Gasteiger partial charge in [-0.25, -0.2) is 4.39 Å². The summed E-state index contributed by atoms with van der Waals surface area (Å²) in [6.45, 7) is 3.77. The van der Waals surface area contributed by atoms with E-state index < -0.39 is 11.7 Å². The molecule has 0 aliphatic heterocycles. The van der Waals surface area contributed by atoms with Crippen molar-refractivity contribution in [1.82, 2.24) is 9.88 Å². The summed E-state index contributed by atoms with van der Waals surface area (Å²) < 4.78 is 13.6. The number of carbonyl (C=O) groups excluding carboxylic acids is 1. The van der Waals surface area contributed by atoms with Crippen molar-refractivity contribution < 1.29 is 14.3 Å². The highest BCUT2D eigenvalue weighted by Gasteiger charge is 2.14. The second kappa shape index (κ2) is 12.9. The van der Waals surface area contributed by atoms with Gasteiger partial charge in [0.1, 0.15) is 17.6 Å². The number of phenolic OH excluding ortho intramolecular Hbond substituents is 1. The average Bonchev–Trinajstić information content (AvgIpc) is 2.85. The molecule has 1 amide bonds. The predicted octanol–water partition coefficient (Wildman–Crippen LogP) is 6.35. The minimum absolute atomic E-state index is 0.0687. The number of likely N-dealkylation sites (N-methyl/N-ethyl adjacent to an activating group) is 1. The standard InChI is InChI=1S/C27H29ClFN5O2/c1-3-4-5-6-11-34(2)12-7-8-26(36)33-24-14-20-23(15-25(24)35)31-17-18(16-30)27(20)32-19-9-10-22(29)21(28)13-19/h7-10,13-15,17,35H,3-6,11-12H2,1-2H3,(H,31,32)(H,33,36)/b8-7+. The van der Waals surface area contributed by atoms with Crippen LogP contribution in [0.2, 0.25) is 5.02 Å². The van der Waals surface area contributed by atoms with E-state index in [0.29, 0.717) is 28.8 Å². The Bertz CT molecular complexity index is 1310. The lowest BCUT2D eigenvalue weighted by Gasteiger charge is -2.14. The van der Waals surface area contributed by atoms with Gasteiger partial charge in [0.2, 0.25) is 5.91 Å². The van der Waals surface area contributed by atoms with E-state index in [-0.39, 0.29) is 22.0 Å². The van der Waals surface area contributed by atoms with E-state index in [2.05, 4.69) is 33.5 Å². The van der Waals surface area contributed by atoms with Crippen LogP contribution in [0.5, 0.6) is 5.75 Å². The van der Waals surface area contributed by atoms with E-state index in [1.54, 1.807) is 6.08 Å². The molecule has 0 radical (unpaired) electrons. The summed E-state index contributed by atoms with van der Waals surface area (Å²) >= 11 is 5.89. The molecule has 2 aromatic carbocycles. The fourth-order valence-corrected chi connectivity index (χ4v) is 3.86. The van der Waals surface area contributed by atoms with Gasteiger partial charge < -0.3 is 20.6 Å². The Morgan fingerprint density at radius 1 is 1.28 bits per heavy atom. The zero-order valence-electron chi connectivity index (χ0n) is 20.3. The van der Waals surface area contributed by atoms with Gasteiger partial charge in [0, 0.05) is 36.0 Å². The fraction of sp³-hybridized carbons (Fsp3) is 0.296. The number of aromatic nitrogens is 1. The van der Waals surface area contributed by atoms with Gasteiger partial charge in [0.05, 0.1) is 27.5 Å². The van der Waals surface area contributed by atoms with Crippen molar-refractivity contribution in [1.29, 1.82) is 5.26 Å². The quantitative estimate of drug-likeness (QED) is 0.158. The first kappa shape index (κ1) is 26.9. The van der Waals surface area contributed by atoms with E-state index in [1.165, 1.54) is 61.9 Å². The molecule has 9 heteroatoms. The van der Waals surface area contributed by atoms with Crippen LogP contribution < -0.4 is 10.6 Å². The van der Waals surface area contributed by atoms with Crippen molar-refractivity contribution in [3.63, 3.8) is 0 Å². The maximum atomic E-state index is 13.6. The second-order valence-corrected chi connectivity index (χ2v) is 8.92. The van der Waals surface area contributed by atoms with Crippen molar-refractivity contribution in [2.24, 2.45) is 0 Å². The molecule has 1 heterocycles. The lowest BCUT2D eigenvalue weighted by molar-refractivity contribution is -0.111. The second-order valence-electron chi connectivity index (χ2n) is 8.51. The Hall–Kier alpha value is -3.67. The van der Waals surface area contributed by atoms with Crippen LogP contribution in [0.15, 0.2) is 48.7 Å². The number of nitrogens with zero attached hydrogens (tertiary/aromatic N) is 3. The number of pyridine rings is 1. The van der Waals surface area contributed by atoms with E-state index in [9.17, 15) is 19.6 Å². The van der Waals surface area contributed by atoms with E-state index in [4.69, 9.17) is 11.6 Å². The molecule has 0 bridgehead atoms. The van der Waals surface area contributed by atoms with Crippen molar-refractivity contribution in [2.75, 3.05) is 30.8 Å². The number of nitriles is 1. The van der Waals surface area contributed by atoms with Crippen molar-refractivity contribution in [3.8, 4) is 11.8 Å². The average molecular weight is 510 g/mol. The molecular formula is C27H29ClFN5O2. The molecule has 0 saturated carbocycles. The van der Waals surface area contributed by atoms with Crippen LogP contribution >= 0.6 is 11.6 Å². The number of phenols is 1. The van der Waals surface area contributed by atoms with E-state index in [0.717, 1.165) is 13.0 Å². The lowest BCUT2D eigenvalue weighted by Crippen LogP contribution is -2.20. The number of hydrogen-bond donors (Lipinski definition) is 3. The molecule has 36 heavy (non-hydrogen) atoms. The largest absolute Gasteiger partial charge is 0.506 e. The number of rotatable bonds is 11. The number of hydrogen-bond acceptors (Lipinski definition) is 6. The minimum atomic E-state index is -0.562. The number of halogens is 2. The third-order valence-electron chi connectivity index (χ3n) is 5.63. The number of anilines is 3. The highest BCUT2D eigenvalue weighted by atomic mass is 35.5. The molecule has 3 rings (SSSR count). The highest BCUT2D eigenvalue weighted by Crippen LogP contribution is 2.35. The maximum absolute atomic E-state index is 13.6. The van der Waals surface area contributed by atoms with Gasteiger partial charge in [-0.3, -0.25) is 9.78 Å². The summed E-state index contributed by atoms with van der Waals surface area (Å²) in [6.07, 6.45) is 9.30. The van der Waals surface area contributed by atoms with Gasteiger partial charge in [0.25, 0.3) is 0 Å². The lowest BCUT2D eigenvalue weighted by atomic mass is 10.1. The molecule has 3 aromatic rings. The van der Waals surface area contributed by atoms with Gasteiger partial charge >= 0.3 is 0 Å². The Labute approximate surface area is 215 Å². The molecule has 7 nitrogen and oxygen atoms in total. The number of carbonyl (C=O) groups is 1. The van der Waals surface area contributed by atoms with Crippen LogP contribution in [0.4, 0.5) is 21.5 Å². The molecule has 3 N–H and O–H groups in total. The first-order valence-corrected chi connectivity index (χ1v) is 12.1. The van der Waals surface area contributed by atoms with Crippen molar-refractivity contribution in [2.45, 2.75) is 32.6 Å². The molecule has 0 atom stereocenters. The van der Waals surface area contributed by atoms with Crippen LogP contribution in [-0.2, 0) is 4.79 Å². The number of benzene rings is 2. The smallest absolute Gasteiger partial charge is 0.248 e.